The quantitative estimate of drug-likeness (QED) is 0.855. The van der Waals surface area contributed by atoms with E-state index in [1.807, 2.05) is 24.3 Å². The summed E-state index contributed by atoms with van der Waals surface area (Å²) < 4.78 is 0. The molecule has 2 aromatic rings. The Morgan fingerprint density at radius 2 is 1.95 bits per heavy atom. The van der Waals surface area contributed by atoms with Gasteiger partial charge in [0.25, 0.3) is 0 Å². The van der Waals surface area contributed by atoms with Crippen molar-refractivity contribution >= 4 is 40.2 Å². The zero-order valence-corrected chi connectivity index (χ0v) is 11.8. The number of halogens is 1. The Bertz CT molecular complexity index is 654. The van der Waals surface area contributed by atoms with Gasteiger partial charge in [-0.15, -0.1) is 0 Å². The van der Waals surface area contributed by atoms with E-state index < -0.39 is 0 Å². The lowest BCUT2D eigenvalue weighted by molar-refractivity contribution is 0.997. The highest BCUT2D eigenvalue weighted by Crippen LogP contribution is 2.37. The number of rotatable bonds is 2. The molecule has 0 spiro atoms. The van der Waals surface area contributed by atoms with Gasteiger partial charge in [-0.25, -0.2) is 0 Å². The second-order valence-corrected chi connectivity index (χ2v) is 5.43. The van der Waals surface area contributed by atoms with E-state index in [-0.39, 0.29) is 0 Å². The summed E-state index contributed by atoms with van der Waals surface area (Å²) in [6.45, 7) is 0.926. The monoisotopic (exact) mass is 288 g/mol. The van der Waals surface area contributed by atoms with Crippen molar-refractivity contribution in [2.24, 2.45) is 5.73 Å². The zero-order valence-electron chi connectivity index (χ0n) is 10.3. The van der Waals surface area contributed by atoms with Gasteiger partial charge in [0.2, 0.25) is 0 Å². The third-order valence-corrected chi connectivity index (χ3v) is 3.86. The number of benzene rings is 2. The Balaban J connectivity index is 2.13. The van der Waals surface area contributed by atoms with Gasteiger partial charge in [-0.05, 0) is 36.2 Å². The van der Waals surface area contributed by atoms with Crippen LogP contribution in [0.2, 0.25) is 5.02 Å². The average molecular weight is 289 g/mol. The molecule has 0 saturated heterocycles. The Morgan fingerprint density at radius 1 is 1.16 bits per heavy atom. The normalized spacial score (nSPS) is 13.4. The molecule has 0 bridgehead atoms. The minimum Gasteiger partial charge on any atom is -0.389 e. The van der Waals surface area contributed by atoms with Gasteiger partial charge in [-0.2, -0.15) is 0 Å². The Morgan fingerprint density at radius 3 is 2.74 bits per heavy atom. The van der Waals surface area contributed by atoms with Crippen LogP contribution in [0.4, 0.5) is 11.4 Å². The number of thiocarbonyl (C=S) groups is 1. The molecular weight excluding hydrogens is 276 g/mol. The molecule has 19 heavy (non-hydrogen) atoms. The van der Waals surface area contributed by atoms with Crippen molar-refractivity contribution in [3.8, 4) is 0 Å². The fraction of sp³-hybridized carbons (Fsp3) is 0.133. The molecule has 2 N–H and O–H groups in total. The van der Waals surface area contributed by atoms with Crippen LogP contribution in [0.25, 0.3) is 0 Å². The first kappa shape index (κ1) is 12.5. The third kappa shape index (κ3) is 2.20. The van der Waals surface area contributed by atoms with Gasteiger partial charge in [-0.3, -0.25) is 0 Å². The number of hydrogen-bond acceptors (Lipinski definition) is 2. The molecule has 4 heteroatoms. The van der Waals surface area contributed by atoms with E-state index in [1.165, 1.54) is 11.3 Å². The molecule has 0 amide bonds. The number of fused-ring (bicyclic) bond motifs is 1. The van der Waals surface area contributed by atoms with E-state index in [0.717, 1.165) is 24.2 Å². The summed E-state index contributed by atoms with van der Waals surface area (Å²) in [7, 11) is 0. The second kappa shape index (κ2) is 4.83. The maximum Gasteiger partial charge on any atom is 0.106 e. The Hall–Kier alpha value is -1.58. The Labute approximate surface area is 122 Å². The minimum atomic E-state index is 0.399. The van der Waals surface area contributed by atoms with Gasteiger partial charge in [0.1, 0.15) is 4.99 Å². The lowest BCUT2D eigenvalue weighted by atomic mass is 10.1. The highest BCUT2D eigenvalue weighted by atomic mass is 35.5. The molecule has 96 valence electrons. The SMILES string of the molecule is NC(=S)c1ccc(Cl)cc1N1CCc2ccccc21. The predicted octanol–water partition coefficient (Wildman–Crippen LogP) is 3.67. The van der Waals surface area contributed by atoms with Crippen molar-refractivity contribution in [2.45, 2.75) is 6.42 Å². The third-order valence-electron chi connectivity index (χ3n) is 3.40. The molecule has 0 radical (unpaired) electrons. The van der Waals surface area contributed by atoms with Crippen LogP contribution in [-0.2, 0) is 6.42 Å². The molecule has 0 aliphatic carbocycles. The molecule has 2 nitrogen and oxygen atoms in total. The van der Waals surface area contributed by atoms with Crippen LogP contribution >= 0.6 is 23.8 Å². The van der Waals surface area contributed by atoms with Gasteiger partial charge in [0.15, 0.2) is 0 Å². The summed E-state index contributed by atoms with van der Waals surface area (Å²) in [5, 5.41) is 0.694. The molecule has 0 saturated carbocycles. The highest BCUT2D eigenvalue weighted by Gasteiger charge is 2.22. The maximum atomic E-state index is 6.12. The first-order valence-electron chi connectivity index (χ1n) is 6.11. The van der Waals surface area contributed by atoms with E-state index >= 15 is 0 Å². The summed E-state index contributed by atoms with van der Waals surface area (Å²) in [4.78, 5) is 2.63. The standard InChI is InChI=1S/C15H13ClN2S/c16-11-5-6-12(15(17)19)14(9-11)18-8-7-10-3-1-2-4-13(10)18/h1-6,9H,7-8H2,(H2,17,19). The van der Waals surface area contributed by atoms with Crippen LogP contribution in [-0.4, -0.2) is 11.5 Å². The molecule has 1 aliphatic heterocycles. The van der Waals surface area contributed by atoms with E-state index in [9.17, 15) is 0 Å². The summed E-state index contributed by atoms with van der Waals surface area (Å²) in [5.74, 6) is 0. The summed E-state index contributed by atoms with van der Waals surface area (Å²) in [5.41, 5.74) is 10.2. The molecule has 0 fully saturated rings. The zero-order chi connectivity index (χ0) is 13.4. The first-order valence-corrected chi connectivity index (χ1v) is 6.90. The number of nitrogens with two attached hydrogens (primary N) is 1. The van der Waals surface area contributed by atoms with Crippen LogP contribution in [0, 0.1) is 0 Å². The average Bonchev–Trinajstić information content (AvgIpc) is 2.82. The minimum absolute atomic E-state index is 0.399. The maximum absolute atomic E-state index is 6.12. The van der Waals surface area contributed by atoms with E-state index in [2.05, 4.69) is 23.1 Å². The van der Waals surface area contributed by atoms with E-state index in [0.29, 0.717) is 10.0 Å². The largest absolute Gasteiger partial charge is 0.389 e. The molecule has 0 aromatic heterocycles. The molecule has 1 heterocycles. The van der Waals surface area contributed by atoms with Crippen molar-refractivity contribution in [1.29, 1.82) is 0 Å². The van der Waals surface area contributed by atoms with Crippen LogP contribution in [0.3, 0.4) is 0 Å². The van der Waals surface area contributed by atoms with Crippen LogP contribution in [0.15, 0.2) is 42.5 Å². The number of anilines is 2. The fourth-order valence-electron chi connectivity index (χ4n) is 2.52. The fourth-order valence-corrected chi connectivity index (χ4v) is 2.86. The molecule has 3 rings (SSSR count). The number of nitrogens with zero attached hydrogens (tertiary/aromatic N) is 1. The van der Waals surface area contributed by atoms with Crippen molar-refractivity contribution in [3.05, 3.63) is 58.6 Å². The molecule has 0 unspecified atom stereocenters. The lowest BCUT2D eigenvalue weighted by Crippen LogP contribution is -2.19. The van der Waals surface area contributed by atoms with Crippen LogP contribution in [0.1, 0.15) is 11.1 Å². The summed E-state index contributed by atoms with van der Waals surface area (Å²) in [6, 6.07) is 14.0. The van der Waals surface area contributed by atoms with Crippen LogP contribution in [0.5, 0.6) is 0 Å². The molecule has 1 aliphatic rings. The van der Waals surface area contributed by atoms with E-state index in [4.69, 9.17) is 29.6 Å². The second-order valence-electron chi connectivity index (χ2n) is 4.56. The summed E-state index contributed by atoms with van der Waals surface area (Å²) >= 11 is 11.3. The highest BCUT2D eigenvalue weighted by molar-refractivity contribution is 7.80. The smallest absolute Gasteiger partial charge is 0.106 e. The van der Waals surface area contributed by atoms with Crippen molar-refractivity contribution in [3.63, 3.8) is 0 Å². The summed E-state index contributed by atoms with van der Waals surface area (Å²) in [6.07, 6.45) is 1.03. The van der Waals surface area contributed by atoms with Gasteiger partial charge in [0.05, 0.1) is 5.69 Å². The van der Waals surface area contributed by atoms with Crippen molar-refractivity contribution < 1.29 is 0 Å². The predicted molar refractivity (Wildman–Crippen MR) is 84.5 cm³/mol. The first-order chi connectivity index (χ1) is 9.16. The molecular formula is C15H13ClN2S. The molecule has 0 atom stereocenters. The number of hydrogen-bond donors (Lipinski definition) is 1. The van der Waals surface area contributed by atoms with Crippen molar-refractivity contribution in [2.75, 3.05) is 11.4 Å². The van der Waals surface area contributed by atoms with Gasteiger partial charge in [0, 0.05) is 22.8 Å². The van der Waals surface area contributed by atoms with Gasteiger partial charge in [-0.1, -0.05) is 42.0 Å². The Kier molecular flexibility index (Phi) is 3.17. The molecule has 2 aromatic carbocycles. The van der Waals surface area contributed by atoms with Crippen LogP contribution < -0.4 is 10.6 Å². The van der Waals surface area contributed by atoms with E-state index in [1.54, 1.807) is 0 Å². The topological polar surface area (TPSA) is 29.3 Å². The van der Waals surface area contributed by atoms with Crippen molar-refractivity contribution in [1.82, 2.24) is 0 Å². The van der Waals surface area contributed by atoms with Gasteiger partial charge < -0.3 is 10.6 Å². The van der Waals surface area contributed by atoms with Gasteiger partial charge >= 0.3 is 0 Å². The lowest BCUT2D eigenvalue weighted by Gasteiger charge is -2.22. The number of para-hydroxylation sites is 1.